The van der Waals surface area contributed by atoms with Gasteiger partial charge in [0.05, 0.1) is 28.5 Å². The maximum atomic E-state index is 12.6. The Balaban J connectivity index is 1.39. The summed E-state index contributed by atoms with van der Waals surface area (Å²) in [6.07, 6.45) is 3.52. The van der Waals surface area contributed by atoms with E-state index in [0.717, 1.165) is 60.0 Å². The second-order valence-corrected chi connectivity index (χ2v) is 11.5. The number of halogens is 3. The van der Waals surface area contributed by atoms with Gasteiger partial charge in [-0.05, 0) is 55.1 Å². The lowest BCUT2D eigenvalue weighted by Gasteiger charge is -2.44. The summed E-state index contributed by atoms with van der Waals surface area (Å²) in [6.45, 7) is 2.62. The third-order valence-electron chi connectivity index (χ3n) is 8.08. The van der Waals surface area contributed by atoms with Crippen molar-refractivity contribution in [3.05, 3.63) is 67.3 Å². The number of aryl methyl sites for hydroxylation is 1. The molecule has 1 atom stereocenters. The predicted molar refractivity (Wildman–Crippen MR) is 145 cm³/mol. The van der Waals surface area contributed by atoms with Gasteiger partial charge in [-0.25, -0.2) is 9.97 Å². The average Bonchev–Trinajstić information content (AvgIpc) is 3.29. The molecule has 11 heteroatoms. The van der Waals surface area contributed by atoms with Gasteiger partial charge in [-0.15, -0.1) is 0 Å². The van der Waals surface area contributed by atoms with Crippen LogP contribution in [0.1, 0.15) is 51.4 Å². The van der Waals surface area contributed by atoms with Gasteiger partial charge in [0.15, 0.2) is 5.69 Å². The van der Waals surface area contributed by atoms with Crippen molar-refractivity contribution >= 4 is 46.5 Å². The van der Waals surface area contributed by atoms with Crippen molar-refractivity contribution in [1.29, 1.82) is 0 Å². The van der Waals surface area contributed by atoms with E-state index in [-0.39, 0.29) is 22.4 Å². The lowest BCUT2D eigenvalue weighted by molar-refractivity contribution is 0.0821. The molecule has 0 fully saturated rings. The Labute approximate surface area is 231 Å². The van der Waals surface area contributed by atoms with Crippen LogP contribution in [0.3, 0.4) is 0 Å². The Hall–Kier alpha value is -2.39. The Kier molecular flexibility index (Phi) is 6.14. The number of amides is 1. The summed E-state index contributed by atoms with van der Waals surface area (Å²) in [4.78, 5) is 28.2. The van der Waals surface area contributed by atoms with Gasteiger partial charge < -0.3 is 9.80 Å². The van der Waals surface area contributed by atoms with Crippen LogP contribution < -0.4 is 4.90 Å². The fourth-order valence-corrected chi connectivity index (χ4v) is 6.89. The fraction of sp³-hybridized carbons (Fsp3) is 0.462. The molecular weight excluding hydrogens is 533 g/mol. The zero-order valence-corrected chi connectivity index (χ0v) is 23.3. The normalized spacial score (nSPS) is 21.0. The average molecular weight is 561 g/mol. The van der Waals surface area contributed by atoms with E-state index in [1.54, 1.807) is 14.1 Å². The minimum Gasteiger partial charge on any atom is -0.350 e. The summed E-state index contributed by atoms with van der Waals surface area (Å²) >= 11 is 19.8. The molecule has 2 aliphatic heterocycles. The summed E-state index contributed by atoms with van der Waals surface area (Å²) < 4.78 is 1.86. The Morgan fingerprint density at radius 1 is 1.08 bits per heavy atom. The molecule has 0 saturated heterocycles. The van der Waals surface area contributed by atoms with Gasteiger partial charge in [0.25, 0.3) is 5.91 Å². The number of aromatic nitrogens is 4. The first-order valence-corrected chi connectivity index (χ1v) is 13.6. The minimum absolute atomic E-state index is 0.162. The van der Waals surface area contributed by atoms with E-state index >= 15 is 0 Å². The summed E-state index contributed by atoms with van der Waals surface area (Å²) in [7, 11) is 5.57. The first kappa shape index (κ1) is 24.9. The van der Waals surface area contributed by atoms with E-state index in [1.807, 2.05) is 16.8 Å². The van der Waals surface area contributed by atoms with Crippen LogP contribution in [0.4, 0.5) is 5.82 Å². The van der Waals surface area contributed by atoms with Crippen LogP contribution in [-0.4, -0.2) is 63.1 Å². The van der Waals surface area contributed by atoms with Crippen molar-refractivity contribution < 1.29 is 4.79 Å². The Morgan fingerprint density at radius 3 is 2.68 bits per heavy atom. The Bertz CT molecular complexity index is 1420. The van der Waals surface area contributed by atoms with Crippen LogP contribution in [0.25, 0.3) is 0 Å². The highest BCUT2D eigenvalue weighted by molar-refractivity contribution is 6.34. The lowest BCUT2D eigenvalue weighted by Crippen LogP contribution is -2.47. The lowest BCUT2D eigenvalue weighted by atomic mass is 9.81. The molecule has 1 aliphatic carbocycles. The molecule has 2 aromatic heterocycles. The quantitative estimate of drug-likeness (QED) is 0.428. The number of hydrogen-bond acceptors (Lipinski definition) is 6. The van der Waals surface area contributed by atoms with Crippen molar-refractivity contribution in [2.24, 2.45) is 0 Å². The summed E-state index contributed by atoms with van der Waals surface area (Å²) in [5.41, 5.74) is 5.52. The molecule has 0 saturated carbocycles. The Morgan fingerprint density at radius 2 is 1.89 bits per heavy atom. The molecule has 4 heterocycles. The molecule has 6 rings (SSSR count). The first-order valence-electron chi connectivity index (χ1n) is 12.5. The van der Waals surface area contributed by atoms with Crippen LogP contribution in [0.15, 0.2) is 18.2 Å². The molecule has 3 aromatic rings. The molecule has 3 aliphatic rings. The van der Waals surface area contributed by atoms with E-state index in [2.05, 4.69) is 28.0 Å². The monoisotopic (exact) mass is 559 g/mol. The molecule has 37 heavy (non-hydrogen) atoms. The molecule has 1 spiro atoms. The predicted octanol–water partition coefficient (Wildman–Crippen LogP) is 4.58. The number of anilines is 1. The smallest absolute Gasteiger partial charge is 0.275 e. The number of carbonyl (C=O) groups excluding carboxylic acids is 1. The number of nitrogens with zero attached hydrogens (tertiary/aromatic N) is 7. The third kappa shape index (κ3) is 3.92. The molecule has 194 valence electrons. The molecule has 0 radical (unpaired) electrons. The maximum absolute atomic E-state index is 12.6. The molecule has 0 N–H and O–H groups in total. The number of rotatable bonds is 2. The van der Waals surface area contributed by atoms with Gasteiger partial charge >= 0.3 is 0 Å². The highest BCUT2D eigenvalue weighted by Crippen LogP contribution is 2.49. The zero-order chi connectivity index (χ0) is 26.1. The van der Waals surface area contributed by atoms with Gasteiger partial charge in [0.2, 0.25) is 5.28 Å². The zero-order valence-electron chi connectivity index (χ0n) is 21.1. The van der Waals surface area contributed by atoms with Gasteiger partial charge in [-0.2, -0.15) is 5.10 Å². The second-order valence-electron chi connectivity index (χ2n) is 10.4. The number of carbonyl (C=O) groups is 1. The summed E-state index contributed by atoms with van der Waals surface area (Å²) in [5.74, 6) is 0.621. The molecular formula is C26H28Cl3N7O. The van der Waals surface area contributed by atoms with Crippen molar-refractivity contribution in [3.8, 4) is 0 Å². The summed E-state index contributed by atoms with van der Waals surface area (Å²) in [6, 6.07) is 6.21. The van der Waals surface area contributed by atoms with Gasteiger partial charge in [-0.1, -0.05) is 35.3 Å². The van der Waals surface area contributed by atoms with Crippen LogP contribution in [0.2, 0.25) is 15.3 Å². The van der Waals surface area contributed by atoms with Crippen molar-refractivity contribution in [2.45, 2.75) is 50.9 Å². The van der Waals surface area contributed by atoms with Gasteiger partial charge in [0, 0.05) is 50.7 Å². The second kappa shape index (κ2) is 9.12. The standard InChI is InChI=1S/C26H28Cl3N7O/c1-33(2)24(37)22-21(28)20-14-35(10-5-11-36(20)32-22)23-16-13-34(3)26(12-19(16)30-25(29)31-23)9-8-15-17(26)6-4-7-18(15)27/h4,6-7H,5,8-14H2,1-3H3/t26-/m0/s1. The largest absolute Gasteiger partial charge is 0.350 e. The molecule has 1 amide bonds. The van der Waals surface area contributed by atoms with Crippen LogP contribution >= 0.6 is 34.8 Å². The van der Waals surface area contributed by atoms with Crippen molar-refractivity contribution in [2.75, 3.05) is 32.6 Å². The van der Waals surface area contributed by atoms with E-state index < -0.39 is 0 Å². The van der Waals surface area contributed by atoms with Crippen LogP contribution in [-0.2, 0) is 38.0 Å². The van der Waals surface area contributed by atoms with E-state index in [4.69, 9.17) is 44.8 Å². The minimum atomic E-state index is -0.205. The molecule has 1 aromatic carbocycles. The van der Waals surface area contributed by atoms with Crippen LogP contribution in [0.5, 0.6) is 0 Å². The topological polar surface area (TPSA) is 70.4 Å². The highest BCUT2D eigenvalue weighted by atomic mass is 35.5. The number of fused-ring (bicyclic) bond motifs is 4. The van der Waals surface area contributed by atoms with Gasteiger partial charge in [-0.3, -0.25) is 14.4 Å². The number of likely N-dealkylation sites (N-methyl/N-ethyl adjacent to an activating group) is 1. The molecule has 0 unspecified atom stereocenters. The van der Waals surface area contributed by atoms with E-state index in [1.165, 1.54) is 16.0 Å². The third-order valence-corrected chi connectivity index (χ3v) is 9.00. The highest BCUT2D eigenvalue weighted by Gasteiger charge is 2.47. The number of benzene rings is 1. The first-order chi connectivity index (χ1) is 17.7. The maximum Gasteiger partial charge on any atom is 0.275 e. The number of hydrogen-bond donors (Lipinski definition) is 0. The van der Waals surface area contributed by atoms with Crippen LogP contribution in [0, 0.1) is 0 Å². The fourth-order valence-electron chi connectivity index (χ4n) is 6.16. The van der Waals surface area contributed by atoms with Crippen molar-refractivity contribution in [1.82, 2.24) is 29.5 Å². The van der Waals surface area contributed by atoms with Crippen molar-refractivity contribution in [3.63, 3.8) is 0 Å². The summed E-state index contributed by atoms with van der Waals surface area (Å²) in [5, 5.41) is 6.01. The van der Waals surface area contributed by atoms with E-state index in [0.29, 0.717) is 24.7 Å². The SMILES string of the molecule is CN(C)C(=O)c1nn2c(c1Cl)CN(c1nc(Cl)nc3c1CN(C)[C@@]1(CCc4c(Cl)cccc41)C3)CCC2. The van der Waals surface area contributed by atoms with Gasteiger partial charge in [0.1, 0.15) is 5.82 Å². The molecule has 8 nitrogen and oxygen atoms in total. The molecule has 0 bridgehead atoms. The van der Waals surface area contributed by atoms with E-state index in [9.17, 15) is 4.79 Å².